The minimum absolute atomic E-state index is 0.208. The van der Waals surface area contributed by atoms with Crippen LogP contribution in [0.15, 0.2) is 71.6 Å². The van der Waals surface area contributed by atoms with Gasteiger partial charge in [0, 0.05) is 21.0 Å². The number of carbonyl (C=O) groups excluding carboxylic acids is 2. The molecule has 3 aromatic carbocycles. The van der Waals surface area contributed by atoms with E-state index in [1.807, 2.05) is 24.3 Å². The Morgan fingerprint density at radius 1 is 0.931 bits per heavy atom. The van der Waals surface area contributed by atoms with Crippen LogP contribution in [0.2, 0.25) is 10.0 Å². The third kappa shape index (κ3) is 5.63. The second-order valence-electron chi connectivity index (χ2n) is 6.30. The first-order valence-corrected chi connectivity index (χ1v) is 10.8. The van der Waals surface area contributed by atoms with Crippen molar-refractivity contribution in [2.45, 2.75) is 18.2 Å². The van der Waals surface area contributed by atoms with E-state index in [4.69, 9.17) is 23.2 Å². The average Bonchev–Trinajstić information content (AvgIpc) is 2.71. The highest BCUT2D eigenvalue weighted by Crippen LogP contribution is 2.27. The lowest BCUT2D eigenvalue weighted by atomic mass is 10.0. The van der Waals surface area contributed by atoms with Gasteiger partial charge in [-0.15, -0.1) is 11.8 Å². The predicted molar refractivity (Wildman–Crippen MR) is 122 cm³/mol. The van der Waals surface area contributed by atoms with Gasteiger partial charge in [-0.25, -0.2) is 0 Å². The summed E-state index contributed by atoms with van der Waals surface area (Å²) in [6.07, 6.45) is 0.208. The Balaban J connectivity index is 1.79. The summed E-state index contributed by atoms with van der Waals surface area (Å²) in [5, 5.41) is 3.58. The topological polar surface area (TPSA) is 46.2 Å². The van der Waals surface area contributed by atoms with E-state index < -0.39 is 0 Å². The quantitative estimate of drug-likeness (QED) is 0.334. The lowest BCUT2D eigenvalue weighted by Crippen LogP contribution is -2.17. The van der Waals surface area contributed by atoms with Crippen molar-refractivity contribution in [3.63, 3.8) is 0 Å². The molecule has 6 heteroatoms. The zero-order valence-corrected chi connectivity index (χ0v) is 18.1. The maximum atomic E-state index is 13.0. The number of halogens is 2. The van der Waals surface area contributed by atoms with Crippen LogP contribution < -0.4 is 5.32 Å². The Labute approximate surface area is 184 Å². The maximum Gasteiger partial charge on any atom is 0.228 e. The molecule has 1 N–H and O–H groups in total. The SMILES string of the molecule is CCSc1ccc(CC(=O)Nc2ccc(Cl)cc2C(=O)c2ccccc2Cl)cc1. The van der Waals surface area contributed by atoms with Crippen LogP contribution in [0.5, 0.6) is 0 Å². The van der Waals surface area contributed by atoms with E-state index in [1.165, 1.54) is 4.90 Å². The fourth-order valence-electron chi connectivity index (χ4n) is 2.85. The number of ketones is 1. The molecule has 3 rings (SSSR count). The molecule has 0 saturated carbocycles. The molecular weight excluding hydrogens is 425 g/mol. The van der Waals surface area contributed by atoms with Gasteiger partial charge in [0.2, 0.25) is 5.91 Å². The third-order valence-corrected chi connectivity index (χ3v) is 5.68. The van der Waals surface area contributed by atoms with Crippen LogP contribution in [0.4, 0.5) is 5.69 Å². The lowest BCUT2D eigenvalue weighted by molar-refractivity contribution is -0.115. The predicted octanol–water partition coefficient (Wildman–Crippen LogP) is 6.52. The molecule has 3 aromatic rings. The molecule has 148 valence electrons. The molecule has 0 unspecified atom stereocenters. The van der Waals surface area contributed by atoms with E-state index in [-0.39, 0.29) is 18.1 Å². The van der Waals surface area contributed by atoms with E-state index in [1.54, 1.807) is 54.2 Å². The molecule has 1 amide bonds. The van der Waals surface area contributed by atoms with Gasteiger partial charge >= 0.3 is 0 Å². The first-order valence-electron chi connectivity index (χ1n) is 9.08. The molecule has 0 aliphatic rings. The number of thioether (sulfide) groups is 1. The van der Waals surface area contributed by atoms with Crippen LogP contribution in [-0.4, -0.2) is 17.4 Å². The van der Waals surface area contributed by atoms with Crippen molar-refractivity contribution in [3.05, 3.63) is 93.5 Å². The van der Waals surface area contributed by atoms with Crippen LogP contribution in [0, 0.1) is 0 Å². The molecule has 29 heavy (non-hydrogen) atoms. The van der Waals surface area contributed by atoms with Crippen molar-refractivity contribution in [1.29, 1.82) is 0 Å². The minimum Gasteiger partial charge on any atom is -0.325 e. The normalized spacial score (nSPS) is 10.6. The molecule has 0 aliphatic carbocycles. The zero-order valence-electron chi connectivity index (χ0n) is 15.7. The Bertz CT molecular complexity index is 1040. The fourth-order valence-corrected chi connectivity index (χ4v) is 3.91. The van der Waals surface area contributed by atoms with E-state index in [0.717, 1.165) is 11.3 Å². The molecule has 0 heterocycles. The highest BCUT2D eigenvalue weighted by atomic mass is 35.5. The molecule has 0 bridgehead atoms. The first kappa shape index (κ1) is 21.4. The second-order valence-corrected chi connectivity index (χ2v) is 8.48. The van der Waals surface area contributed by atoms with E-state index >= 15 is 0 Å². The van der Waals surface area contributed by atoms with Gasteiger partial charge in [-0.05, 0) is 53.8 Å². The highest BCUT2D eigenvalue weighted by Gasteiger charge is 2.18. The summed E-state index contributed by atoms with van der Waals surface area (Å²) in [4.78, 5) is 26.7. The number of hydrogen-bond donors (Lipinski definition) is 1. The number of amides is 1. The van der Waals surface area contributed by atoms with Crippen LogP contribution in [0.1, 0.15) is 28.4 Å². The van der Waals surface area contributed by atoms with Crippen LogP contribution in [0.25, 0.3) is 0 Å². The molecule has 0 aliphatic heterocycles. The number of nitrogens with one attached hydrogen (secondary N) is 1. The Kier molecular flexibility index (Phi) is 7.37. The summed E-state index contributed by atoms with van der Waals surface area (Å²) in [5.41, 5.74) is 1.96. The van der Waals surface area contributed by atoms with Gasteiger partial charge in [-0.3, -0.25) is 9.59 Å². The molecular formula is C23H19Cl2NO2S. The number of carbonyl (C=O) groups is 2. The van der Waals surface area contributed by atoms with Gasteiger partial charge in [0.05, 0.1) is 17.1 Å². The molecule has 0 saturated heterocycles. The Hall–Kier alpha value is -2.27. The van der Waals surface area contributed by atoms with E-state index in [0.29, 0.717) is 26.9 Å². The zero-order chi connectivity index (χ0) is 20.8. The summed E-state index contributed by atoms with van der Waals surface area (Å²) >= 11 is 14.0. The van der Waals surface area contributed by atoms with Gasteiger partial charge in [0.1, 0.15) is 0 Å². The molecule has 0 aromatic heterocycles. The summed E-state index contributed by atoms with van der Waals surface area (Å²) in [7, 11) is 0. The van der Waals surface area contributed by atoms with Crippen molar-refractivity contribution in [3.8, 4) is 0 Å². The number of anilines is 1. The van der Waals surface area contributed by atoms with Crippen molar-refractivity contribution in [2.24, 2.45) is 0 Å². The average molecular weight is 444 g/mol. The van der Waals surface area contributed by atoms with Gasteiger partial charge < -0.3 is 5.32 Å². The van der Waals surface area contributed by atoms with Gasteiger partial charge in [0.25, 0.3) is 0 Å². The minimum atomic E-state index is -0.297. The summed E-state index contributed by atoms with van der Waals surface area (Å²) < 4.78 is 0. The molecule has 0 fully saturated rings. The van der Waals surface area contributed by atoms with Crippen molar-refractivity contribution in [1.82, 2.24) is 0 Å². The number of benzene rings is 3. The van der Waals surface area contributed by atoms with Crippen molar-refractivity contribution in [2.75, 3.05) is 11.1 Å². The largest absolute Gasteiger partial charge is 0.325 e. The standard InChI is InChI=1S/C23H19Cl2NO2S/c1-2-29-17-10-7-15(8-11-17)13-22(27)26-21-12-9-16(24)14-19(21)23(28)18-5-3-4-6-20(18)25/h3-12,14H,2,13H2,1H3,(H,26,27). The monoisotopic (exact) mass is 443 g/mol. The molecule has 3 nitrogen and oxygen atoms in total. The molecule has 0 atom stereocenters. The first-order chi connectivity index (χ1) is 14.0. The van der Waals surface area contributed by atoms with Gasteiger partial charge in [-0.2, -0.15) is 0 Å². The number of hydrogen-bond acceptors (Lipinski definition) is 3. The lowest BCUT2D eigenvalue weighted by Gasteiger charge is -2.12. The summed E-state index contributed by atoms with van der Waals surface area (Å²) in [6, 6.07) is 19.5. The van der Waals surface area contributed by atoms with E-state index in [2.05, 4.69) is 12.2 Å². The van der Waals surface area contributed by atoms with Gasteiger partial charge in [-0.1, -0.05) is 54.4 Å². The molecule has 0 spiro atoms. The van der Waals surface area contributed by atoms with Crippen LogP contribution >= 0.6 is 35.0 Å². The summed E-state index contributed by atoms with van der Waals surface area (Å²) in [6.45, 7) is 2.10. The number of rotatable bonds is 7. The Morgan fingerprint density at radius 2 is 1.66 bits per heavy atom. The van der Waals surface area contributed by atoms with Gasteiger partial charge in [0.15, 0.2) is 5.78 Å². The van der Waals surface area contributed by atoms with E-state index in [9.17, 15) is 9.59 Å². The second kappa shape index (κ2) is 9.97. The summed E-state index contributed by atoms with van der Waals surface area (Å²) in [5.74, 6) is 0.490. The maximum absolute atomic E-state index is 13.0. The van der Waals surface area contributed by atoms with Crippen LogP contribution in [-0.2, 0) is 11.2 Å². The fraction of sp³-hybridized carbons (Fsp3) is 0.130. The van der Waals surface area contributed by atoms with Crippen molar-refractivity contribution < 1.29 is 9.59 Å². The smallest absolute Gasteiger partial charge is 0.228 e. The molecule has 0 radical (unpaired) electrons. The Morgan fingerprint density at radius 3 is 2.34 bits per heavy atom. The third-order valence-electron chi connectivity index (χ3n) is 4.22. The van der Waals surface area contributed by atoms with Crippen molar-refractivity contribution >= 4 is 52.3 Å². The highest BCUT2D eigenvalue weighted by molar-refractivity contribution is 7.99. The van der Waals surface area contributed by atoms with Crippen LogP contribution in [0.3, 0.4) is 0 Å².